The monoisotopic (exact) mass is 522 g/mol. The van der Waals surface area contributed by atoms with Gasteiger partial charge in [-0.2, -0.15) is 5.26 Å². The van der Waals surface area contributed by atoms with E-state index in [2.05, 4.69) is 22.6 Å². The normalized spacial score (nSPS) is 10.7. The second-order valence-corrected chi connectivity index (χ2v) is 8.78. The standard InChI is InChI=1S/C27H26N2O7S/c1-5-6-17(2)26(32)34-13-14-35-27(33)21-9-12-24(22(15-21)16-28)37-23-10-7-20(8-11-23)25(31)18(3)29-36-19(4)30/h7-12,15H,2,5-6,13-14H2,1,3-4H3/b29-18+. The summed E-state index contributed by atoms with van der Waals surface area (Å²) in [7, 11) is 0. The van der Waals surface area contributed by atoms with Crippen LogP contribution in [0.4, 0.5) is 0 Å². The Labute approximate surface area is 219 Å². The summed E-state index contributed by atoms with van der Waals surface area (Å²) in [6, 6.07) is 13.3. The smallest absolute Gasteiger partial charge is 0.338 e. The van der Waals surface area contributed by atoms with Crippen molar-refractivity contribution in [2.75, 3.05) is 13.2 Å². The third-order valence-corrected chi connectivity index (χ3v) is 5.79. The number of hydrogen-bond acceptors (Lipinski definition) is 10. The zero-order valence-corrected chi connectivity index (χ0v) is 21.6. The van der Waals surface area contributed by atoms with Gasteiger partial charge in [-0.3, -0.25) is 4.79 Å². The molecular weight excluding hydrogens is 496 g/mol. The number of nitrogens with zero attached hydrogens (tertiary/aromatic N) is 2. The van der Waals surface area contributed by atoms with Crippen molar-refractivity contribution in [2.45, 2.75) is 43.4 Å². The van der Waals surface area contributed by atoms with E-state index in [0.29, 0.717) is 22.5 Å². The SMILES string of the molecule is C=C(CCC)C(=O)OCCOC(=O)c1ccc(Sc2ccc(C(=O)/C(C)=N/OC(C)=O)cc2)c(C#N)c1. The highest BCUT2D eigenvalue weighted by molar-refractivity contribution is 7.99. The molecule has 0 saturated heterocycles. The van der Waals surface area contributed by atoms with Gasteiger partial charge in [0.05, 0.1) is 11.1 Å². The predicted octanol–water partition coefficient (Wildman–Crippen LogP) is 4.89. The van der Waals surface area contributed by atoms with Gasteiger partial charge in [-0.1, -0.05) is 36.8 Å². The van der Waals surface area contributed by atoms with Gasteiger partial charge in [0.15, 0.2) is 0 Å². The molecule has 0 heterocycles. The minimum atomic E-state index is -0.648. The maximum absolute atomic E-state index is 12.4. The molecule has 2 aromatic carbocycles. The van der Waals surface area contributed by atoms with Gasteiger partial charge in [-0.15, -0.1) is 0 Å². The van der Waals surface area contributed by atoms with Crippen LogP contribution in [0.5, 0.6) is 0 Å². The molecule has 0 atom stereocenters. The number of ether oxygens (including phenoxy) is 2. The highest BCUT2D eigenvalue weighted by Gasteiger charge is 2.14. The van der Waals surface area contributed by atoms with Crippen molar-refractivity contribution >= 4 is 41.2 Å². The van der Waals surface area contributed by atoms with Gasteiger partial charge in [-0.25, -0.2) is 14.4 Å². The number of benzene rings is 2. The average Bonchev–Trinajstić information content (AvgIpc) is 2.89. The first-order valence-corrected chi connectivity index (χ1v) is 12.1. The van der Waals surface area contributed by atoms with Crippen LogP contribution in [0.1, 0.15) is 59.9 Å². The fourth-order valence-electron chi connectivity index (χ4n) is 2.88. The van der Waals surface area contributed by atoms with E-state index < -0.39 is 17.9 Å². The second-order valence-electron chi connectivity index (χ2n) is 7.66. The molecule has 192 valence electrons. The van der Waals surface area contributed by atoms with Crippen LogP contribution in [0.3, 0.4) is 0 Å². The molecule has 0 bridgehead atoms. The van der Waals surface area contributed by atoms with Crippen molar-refractivity contribution in [2.24, 2.45) is 5.16 Å². The Morgan fingerprint density at radius 2 is 1.65 bits per heavy atom. The predicted molar refractivity (Wildman–Crippen MR) is 136 cm³/mol. The first-order chi connectivity index (χ1) is 17.7. The number of ketones is 1. The van der Waals surface area contributed by atoms with Crippen LogP contribution in [-0.2, 0) is 23.9 Å². The largest absolute Gasteiger partial charge is 0.459 e. The maximum Gasteiger partial charge on any atom is 0.338 e. The molecule has 0 saturated carbocycles. The molecule has 0 fully saturated rings. The summed E-state index contributed by atoms with van der Waals surface area (Å²) in [4.78, 5) is 53.1. The third-order valence-electron chi connectivity index (χ3n) is 4.71. The summed E-state index contributed by atoms with van der Waals surface area (Å²) in [6.07, 6.45) is 1.31. The van der Waals surface area contributed by atoms with E-state index in [1.807, 2.05) is 6.92 Å². The van der Waals surface area contributed by atoms with Crippen molar-refractivity contribution in [3.8, 4) is 6.07 Å². The van der Waals surface area contributed by atoms with Crippen LogP contribution < -0.4 is 0 Å². The lowest BCUT2D eigenvalue weighted by Crippen LogP contribution is -2.15. The second kappa shape index (κ2) is 14.4. The van der Waals surface area contributed by atoms with E-state index in [0.717, 1.165) is 11.3 Å². The van der Waals surface area contributed by atoms with Crippen LogP contribution >= 0.6 is 11.8 Å². The number of esters is 2. The summed E-state index contributed by atoms with van der Waals surface area (Å²) in [6.45, 7) is 7.97. The Bertz CT molecular complexity index is 1260. The Kier molecular flexibility index (Phi) is 11.3. The molecule has 0 N–H and O–H groups in total. The Balaban J connectivity index is 1.98. The Hall–Kier alpha value is -4.23. The van der Waals surface area contributed by atoms with Crippen LogP contribution in [-0.4, -0.2) is 42.6 Å². The third kappa shape index (κ3) is 9.05. The summed E-state index contributed by atoms with van der Waals surface area (Å²) in [5, 5.41) is 13.1. The fourth-order valence-corrected chi connectivity index (χ4v) is 3.75. The lowest BCUT2D eigenvalue weighted by atomic mass is 10.1. The van der Waals surface area contributed by atoms with Crippen molar-refractivity contribution < 1.29 is 33.5 Å². The van der Waals surface area contributed by atoms with E-state index in [1.165, 1.54) is 37.7 Å². The minimum Gasteiger partial charge on any atom is -0.459 e. The van der Waals surface area contributed by atoms with E-state index in [-0.39, 0.29) is 35.8 Å². The van der Waals surface area contributed by atoms with Crippen molar-refractivity contribution in [3.05, 3.63) is 71.3 Å². The number of carbonyl (C=O) groups excluding carboxylic acids is 4. The zero-order valence-electron chi connectivity index (χ0n) is 20.7. The van der Waals surface area contributed by atoms with Gasteiger partial charge in [0.1, 0.15) is 25.0 Å². The molecule has 2 aromatic rings. The molecule has 2 rings (SSSR count). The van der Waals surface area contributed by atoms with Gasteiger partial charge in [0.25, 0.3) is 0 Å². The summed E-state index contributed by atoms with van der Waals surface area (Å²) in [5.41, 5.74) is 1.21. The number of Topliss-reactive ketones (excluding diaryl/α,β-unsaturated/α-hetero) is 1. The number of oxime groups is 1. The summed E-state index contributed by atoms with van der Waals surface area (Å²) >= 11 is 1.28. The molecule has 0 aliphatic heterocycles. The lowest BCUT2D eigenvalue weighted by molar-refractivity contribution is -0.141. The van der Waals surface area contributed by atoms with Gasteiger partial charge in [0.2, 0.25) is 5.78 Å². The van der Waals surface area contributed by atoms with E-state index >= 15 is 0 Å². The van der Waals surface area contributed by atoms with Gasteiger partial charge in [-0.05, 0) is 55.8 Å². The Morgan fingerprint density at radius 1 is 1.00 bits per heavy atom. The molecule has 0 radical (unpaired) electrons. The topological polar surface area (TPSA) is 132 Å². The highest BCUT2D eigenvalue weighted by atomic mass is 32.2. The number of hydrogen-bond donors (Lipinski definition) is 0. The number of carbonyl (C=O) groups is 4. The molecule has 0 aliphatic rings. The molecule has 0 aliphatic carbocycles. The summed E-state index contributed by atoms with van der Waals surface area (Å²) < 4.78 is 10.1. The highest BCUT2D eigenvalue weighted by Crippen LogP contribution is 2.31. The lowest BCUT2D eigenvalue weighted by Gasteiger charge is -2.09. The molecule has 0 aromatic heterocycles. The van der Waals surface area contributed by atoms with Gasteiger partial charge < -0.3 is 14.3 Å². The molecule has 0 amide bonds. The van der Waals surface area contributed by atoms with Crippen LogP contribution in [0.2, 0.25) is 0 Å². The molecule has 0 unspecified atom stereocenters. The molecular formula is C27H26N2O7S. The zero-order chi connectivity index (χ0) is 27.4. The fraction of sp³-hybridized carbons (Fsp3) is 0.259. The average molecular weight is 523 g/mol. The first-order valence-electron chi connectivity index (χ1n) is 11.3. The molecule has 0 spiro atoms. The Morgan fingerprint density at radius 3 is 2.27 bits per heavy atom. The maximum atomic E-state index is 12.4. The van der Waals surface area contributed by atoms with E-state index in [4.69, 9.17) is 9.47 Å². The van der Waals surface area contributed by atoms with Crippen LogP contribution in [0.25, 0.3) is 0 Å². The summed E-state index contributed by atoms with van der Waals surface area (Å²) in [5.74, 6) is -2.18. The van der Waals surface area contributed by atoms with Crippen molar-refractivity contribution in [1.29, 1.82) is 5.26 Å². The van der Waals surface area contributed by atoms with E-state index in [9.17, 15) is 24.4 Å². The van der Waals surface area contributed by atoms with Crippen LogP contribution in [0, 0.1) is 11.3 Å². The van der Waals surface area contributed by atoms with Gasteiger partial charge >= 0.3 is 17.9 Å². The molecule has 10 heteroatoms. The quantitative estimate of drug-likeness (QED) is 0.0727. The minimum absolute atomic E-state index is 0.0324. The molecule has 37 heavy (non-hydrogen) atoms. The van der Waals surface area contributed by atoms with E-state index in [1.54, 1.807) is 30.3 Å². The van der Waals surface area contributed by atoms with Gasteiger partial charge in [0, 0.05) is 27.9 Å². The van der Waals surface area contributed by atoms with Crippen molar-refractivity contribution in [3.63, 3.8) is 0 Å². The molecule has 9 nitrogen and oxygen atoms in total. The number of rotatable bonds is 12. The van der Waals surface area contributed by atoms with Crippen LogP contribution in [0.15, 0.2) is 69.6 Å². The number of nitriles is 1. The first kappa shape index (κ1) is 29.0. The van der Waals surface area contributed by atoms with Crippen molar-refractivity contribution in [1.82, 2.24) is 0 Å².